The van der Waals surface area contributed by atoms with Crippen molar-refractivity contribution >= 4 is 34.4 Å². The lowest BCUT2D eigenvalue weighted by Crippen LogP contribution is -2.51. The molecular weight excluding hydrogens is 400 g/mol. The van der Waals surface area contributed by atoms with Crippen molar-refractivity contribution in [1.29, 1.82) is 0 Å². The van der Waals surface area contributed by atoms with Crippen molar-refractivity contribution in [3.8, 4) is 0 Å². The van der Waals surface area contributed by atoms with E-state index in [2.05, 4.69) is 20.6 Å². The highest BCUT2D eigenvalue weighted by Gasteiger charge is 2.29. The number of nitrogens with one attached hydrogen (secondary N) is 3. The fraction of sp³-hybridized carbons (Fsp3) is 0.348. The number of halogens is 1. The van der Waals surface area contributed by atoms with E-state index in [1.165, 1.54) is 0 Å². The Bertz CT molecular complexity index is 1010. The number of hydrogen-bond acceptors (Lipinski definition) is 3. The lowest BCUT2D eigenvalue weighted by atomic mass is 9.99. The molecule has 3 aromatic rings. The van der Waals surface area contributed by atoms with E-state index in [0.29, 0.717) is 16.4 Å². The third-order valence-corrected chi connectivity index (χ3v) is 5.35. The minimum absolute atomic E-state index is 0.0987. The van der Waals surface area contributed by atoms with Crippen molar-refractivity contribution in [2.24, 2.45) is 11.8 Å². The highest BCUT2D eigenvalue weighted by Crippen LogP contribution is 2.23. The largest absolute Gasteiger partial charge is 0.344 e. The number of rotatable bonds is 7. The Balaban J connectivity index is 1.80. The van der Waals surface area contributed by atoms with Crippen LogP contribution in [-0.2, 0) is 4.79 Å². The van der Waals surface area contributed by atoms with Crippen LogP contribution in [0.4, 0.5) is 0 Å². The molecule has 3 N–H and O–H groups in total. The second-order valence-electron chi connectivity index (χ2n) is 8.04. The fourth-order valence-corrected chi connectivity index (χ4v) is 3.53. The van der Waals surface area contributed by atoms with Crippen molar-refractivity contribution in [2.75, 3.05) is 0 Å². The smallest absolute Gasteiger partial charge is 0.253 e. The number of benzene rings is 2. The van der Waals surface area contributed by atoms with Gasteiger partial charge in [0.05, 0.1) is 27.7 Å². The van der Waals surface area contributed by atoms with Crippen LogP contribution in [0.1, 0.15) is 49.9 Å². The molecule has 1 aromatic heterocycles. The summed E-state index contributed by atoms with van der Waals surface area (Å²) in [5.41, 5.74) is 2.11. The summed E-state index contributed by atoms with van der Waals surface area (Å²) in [5.74, 6) is 0.0462. The number of nitrogens with zero attached hydrogens (tertiary/aromatic N) is 1. The Morgan fingerprint density at radius 3 is 2.23 bits per heavy atom. The monoisotopic (exact) mass is 426 g/mol. The Kier molecular flexibility index (Phi) is 6.77. The van der Waals surface area contributed by atoms with Crippen LogP contribution >= 0.6 is 11.6 Å². The van der Waals surface area contributed by atoms with E-state index >= 15 is 0 Å². The maximum Gasteiger partial charge on any atom is 0.253 e. The molecule has 2 unspecified atom stereocenters. The van der Waals surface area contributed by atoms with Gasteiger partial charge in [-0.2, -0.15) is 0 Å². The molecule has 0 aliphatic carbocycles. The highest BCUT2D eigenvalue weighted by molar-refractivity contribution is 6.33. The first kappa shape index (κ1) is 21.8. The molecule has 158 valence electrons. The molecule has 3 rings (SSSR count). The molecule has 7 heteroatoms. The minimum Gasteiger partial charge on any atom is -0.344 e. The number of hydrogen-bond donors (Lipinski definition) is 3. The number of imidazole rings is 1. The average Bonchev–Trinajstić information content (AvgIpc) is 3.13. The number of aromatic amines is 1. The predicted molar refractivity (Wildman–Crippen MR) is 119 cm³/mol. The highest BCUT2D eigenvalue weighted by atomic mass is 35.5. The lowest BCUT2D eigenvalue weighted by molar-refractivity contribution is -0.125. The van der Waals surface area contributed by atoms with Crippen LogP contribution in [0.3, 0.4) is 0 Å². The maximum absolute atomic E-state index is 13.1. The van der Waals surface area contributed by atoms with Gasteiger partial charge in [0, 0.05) is 0 Å². The SMILES string of the molecule is CC(C)C(NC(=O)c1ccccc1Cl)C(=O)NC(c1nc2ccccc2[nH]1)C(C)C. The maximum atomic E-state index is 13.1. The number of para-hydroxylation sites is 2. The predicted octanol–water partition coefficient (Wildman–Crippen LogP) is 4.48. The van der Waals surface area contributed by atoms with Gasteiger partial charge < -0.3 is 15.6 Å². The summed E-state index contributed by atoms with van der Waals surface area (Å²) in [7, 11) is 0. The van der Waals surface area contributed by atoms with E-state index in [1.54, 1.807) is 24.3 Å². The molecule has 0 spiro atoms. The normalized spacial score (nSPS) is 13.4. The van der Waals surface area contributed by atoms with Crippen LogP contribution in [0, 0.1) is 11.8 Å². The van der Waals surface area contributed by atoms with E-state index in [0.717, 1.165) is 11.0 Å². The van der Waals surface area contributed by atoms with Gasteiger partial charge in [-0.3, -0.25) is 9.59 Å². The molecule has 2 atom stereocenters. The molecular formula is C23H27ClN4O2. The zero-order valence-electron chi connectivity index (χ0n) is 17.6. The number of carbonyl (C=O) groups excluding carboxylic acids is 2. The van der Waals surface area contributed by atoms with Crippen LogP contribution in [0.25, 0.3) is 11.0 Å². The Morgan fingerprint density at radius 1 is 0.933 bits per heavy atom. The molecule has 0 bridgehead atoms. The van der Waals surface area contributed by atoms with Gasteiger partial charge in [-0.05, 0) is 36.1 Å². The minimum atomic E-state index is -0.709. The first-order valence-corrected chi connectivity index (χ1v) is 10.5. The van der Waals surface area contributed by atoms with Crippen LogP contribution in [0.2, 0.25) is 5.02 Å². The Labute approximate surface area is 181 Å². The van der Waals surface area contributed by atoms with Gasteiger partial charge in [-0.25, -0.2) is 4.98 Å². The van der Waals surface area contributed by atoms with Crippen molar-refractivity contribution in [1.82, 2.24) is 20.6 Å². The number of carbonyl (C=O) groups is 2. The molecule has 0 radical (unpaired) electrons. The molecule has 2 amide bonds. The van der Waals surface area contributed by atoms with Gasteiger partial charge in [0.1, 0.15) is 11.9 Å². The number of fused-ring (bicyclic) bond motifs is 1. The quantitative estimate of drug-likeness (QED) is 0.520. The van der Waals surface area contributed by atoms with Crippen LogP contribution in [-0.4, -0.2) is 27.8 Å². The van der Waals surface area contributed by atoms with Crippen molar-refractivity contribution in [3.63, 3.8) is 0 Å². The van der Waals surface area contributed by atoms with E-state index in [-0.39, 0.29) is 29.7 Å². The van der Waals surface area contributed by atoms with Crippen molar-refractivity contribution < 1.29 is 9.59 Å². The average molecular weight is 427 g/mol. The summed E-state index contributed by atoms with van der Waals surface area (Å²) in [4.78, 5) is 33.8. The zero-order chi connectivity index (χ0) is 21.8. The second-order valence-corrected chi connectivity index (χ2v) is 8.45. The molecule has 6 nitrogen and oxygen atoms in total. The number of H-pyrrole nitrogens is 1. The van der Waals surface area contributed by atoms with Gasteiger partial charge in [-0.1, -0.05) is 63.6 Å². The summed E-state index contributed by atoms with van der Waals surface area (Å²) in [6, 6.07) is 13.5. The third kappa shape index (κ3) is 4.82. The van der Waals surface area contributed by atoms with E-state index < -0.39 is 6.04 Å². The second kappa shape index (κ2) is 9.30. The standard InChI is InChI=1S/C23H27ClN4O2/c1-13(2)19(21-25-17-11-7-8-12-18(17)26-21)27-23(30)20(14(3)4)28-22(29)15-9-5-6-10-16(15)24/h5-14,19-20H,1-4H3,(H,25,26)(H,27,30)(H,28,29). The summed E-state index contributed by atoms with van der Waals surface area (Å²) in [6.07, 6.45) is 0. The van der Waals surface area contributed by atoms with E-state index in [1.807, 2.05) is 52.0 Å². The first-order valence-electron chi connectivity index (χ1n) is 10.1. The van der Waals surface area contributed by atoms with E-state index in [9.17, 15) is 9.59 Å². The Hall–Kier alpha value is -2.86. The van der Waals surface area contributed by atoms with Gasteiger partial charge in [-0.15, -0.1) is 0 Å². The van der Waals surface area contributed by atoms with Gasteiger partial charge >= 0.3 is 0 Å². The third-order valence-electron chi connectivity index (χ3n) is 5.02. The van der Waals surface area contributed by atoms with Crippen molar-refractivity contribution in [3.05, 3.63) is 64.9 Å². The molecule has 0 fully saturated rings. The molecule has 0 aliphatic heterocycles. The summed E-state index contributed by atoms with van der Waals surface area (Å²) >= 11 is 6.13. The summed E-state index contributed by atoms with van der Waals surface area (Å²) in [6.45, 7) is 7.82. The Morgan fingerprint density at radius 2 is 1.60 bits per heavy atom. The molecule has 30 heavy (non-hydrogen) atoms. The molecule has 1 heterocycles. The number of amides is 2. The fourth-order valence-electron chi connectivity index (χ4n) is 3.31. The molecule has 2 aromatic carbocycles. The summed E-state index contributed by atoms with van der Waals surface area (Å²) < 4.78 is 0. The topological polar surface area (TPSA) is 86.9 Å². The van der Waals surface area contributed by atoms with Gasteiger partial charge in [0.25, 0.3) is 5.91 Å². The van der Waals surface area contributed by atoms with Gasteiger partial charge in [0.2, 0.25) is 5.91 Å². The van der Waals surface area contributed by atoms with E-state index in [4.69, 9.17) is 11.6 Å². The van der Waals surface area contributed by atoms with Crippen LogP contribution in [0.15, 0.2) is 48.5 Å². The lowest BCUT2D eigenvalue weighted by Gasteiger charge is -2.26. The van der Waals surface area contributed by atoms with Gasteiger partial charge in [0.15, 0.2) is 0 Å². The molecule has 0 saturated heterocycles. The first-order chi connectivity index (χ1) is 14.3. The molecule has 0 aliphatic rings. The molecule has 0 saturated carbocycles. The number of aromatic nitrogens is 2. The van der Waals surface area contributed by atoms with Crippen molar-refractivity contribution in [2.45, 2.75) is 39.8 Å². The van der Waals surface area contributed by atoms with Crippen LogP contribution in [0.5, 0.6) is 0 Å². The van der Waals surface area contributed by atoms with Crippen LogP contribution < -0.4 is 10.6 Å². The summed E-state index contributed by atoms with van der Waals surface area (Å²) in [5, 5.41) is 6.24. The zero-order valence-corrected chi connectivity index (χ0v) is 18.3.